The number of amides is 1. The topological polar surface area (TPSA) is 50.2 Å². The molecule has 1 amide bonds. The van der Waals surface area contributed by atoms with Crippen molar-refractivity contribution in [2.45, 2.75) is 25.8 Å². The minimum Gasteiger partial charge on any atom is -0.350 e. The molecule has 25 heavy (non-hydrogen) atoms. The first-order chi connectivity index (χ1) is 12.0. The van der Waals surface area contributed by atoms with Crippen LogP contribution in [0.4, 0.5) is 4.39 Å². The summed E-state index contributed by atoms with van der Waals surface area (Å²) in [5.74, 6) is -0.218. The summed E-state index contributed by atoms with van der Waals surface area (Å²) in [6, 6.07) is 6.58. The van der Waals surface area contributed by atoms with Crippen LogP contribution < -0.4 is 5.32 Å². The van der Waals surface area contributed by atoms with Gasteiger partial charge < -0.3 is 14.8 Å². The smallest absolute Gasteiger partial charge is 0.226 e. The molecule has 1 N–H and O–H groups in total. The summed E-state index contributed by atoms with van der Waals surface area (Å²) in [6.07, 6.45) is 5.72. The average molecular weight is 344 g/mol. The van der Waals surface area contributed by atoms with Crippen LogP contribution in [0.2, 0.25) is 0 Å². The largest absolute Gasteiger partial charge is 0.350 e. The second kappa shape index (κ2) is 7.35. The molecule has 1 aliphatic rings. The predicted octanol–water partition coefficient (Wildman–Crippen LogP) is 2.13. The fourth-order valence-corrected chi connectivity index (χ4v) is 3.48. The second-order valence-corrected chi connectivity index (χ2v) is 7.10. The summed E-state index contributed by atoms with van der Waals surface area (Å²) in [7, 11) is 3.97. The monoisotopic (exact) mass is 344 g/mol. The number of benzene rings is 1. The third kappa shape index (κ3) is 4.25. The van der Waals surface area contributed by atoms with Crippen LogP contribution >= 0.6 is 0 Å². The van der Waals surface area contributed by atoms with E-state index in [1.165, 1.54) is 12.1 Å². The minimum atomic E-state index is -0.491. The first kappa shape index (κ1) is 17.6. The highest BCUT2D eigenvalue weighted by Gasteiger charge is 2.40. The lowest BCUT2D eigenvalue weighted by Gasteiger charge is -2.39. The Hall–Kier alpha value is -2.21. The number of carbonyl (C=O) groups is 1. The van der Waals surface area contributed by atoms with Crippen molar-refractivity contribution in [1.29, 1.82) is 0 Å². The summed E-state index contributed by atoms with van der Waals surface area (Å²) < 4.78 is 15.4. The van der Waals surface area contributed by atoms with E-state index < -0.39 is 5.41 Å². The number of halogens is 1. The Morgan fingerprint density at radius 3 is 2.72 bits per heavy atom. The molecular formula is C19H25FN4O. The molecule has 0 bridgehead atoms. The second-order valence-electron chi connectivity index (χ2n) is 7.10. The summed E-state index contributed by atoms with van der Waals surface area (Å²) in [5.41, 5.74) is 1.22. The normalized spacial score (nSPS) is 17.4. The van der Waals surface area contributed by atoms with E-state index in [4.69, 9.17) is 0 Å². The van der Waals surface area contributed by atoms with Crippen molar-refractivity contribution in [3.05, 3.63) is 53.9 Å². The molecule has 2 aromatic rings. The van der Waals surface area contributed by atoms with Gasteiger partial charge in [-0.1, -0.05) is 12.1 Å². The molecule has 1 aliphatic heterocycles. The first-order valence-corrected chi connectivity index (χ1v) is 8.65. The molecule has 0 aliphatic carbocycles. The van der Waals surface area contributed by atoms with Crippen molar-refractivity contribution in [2.75, 3.05) is 20.1 Å². The summed E-state index contributed by atoms with van der Waals surface area (Å²) in [5, 5.41) is 3.05. The molecule has 0 unspecified atom stereocenters. The zero-order valence-electron chi connectivity index (χ0n) is 14.8. The number of hydrogen-bond donors (Lipinski definition) is 1. The molecule has 0 radical (unpaired) electrons. The van der Waals surface area contributed by atoms with Gasteiger partial charge in [0.25, 0.3) is 0 Å². The zero-order chi connectivity index (χ0) is 17.9. The van der Waals surface area contributed by atoms with E-state index in [1.54, 1.807) is 12.4 Å². The molecule has 0 atom stereocenters. The maximum absolute atomic E-state index is 13.6. The minimum absolute atomic E-state index is 0.0375. The molecule has 3 rings (SSSR count). The van der Waals surface area contributed by atoms with Gasteiger partial charge in [0.15, 0.2) is 0 Å². The van der Waals surface area contributed by atoms with Gasteiger partial charge in [0.05, 0.1) is 24.0 Å². The van der Waals surface area contributed by atoms with Crippen molar-refractivity contribution in [2.24, 2.45) is 12.5 Å². The maximum atomic E-state index is 13.6. The molecule has 0 saturated carbocycles. The Kier molecular flexibility index (Phi) is 5.18. The van der Waals surface area contributed by atoms with Gasteiger partial charge in [0.2, 0.25) is 5.91 Å². The van der Waals surface area contributed by atoms with E-state index in [0.29, 0.717) is 13.0 Å². The quantitative estimate of drug-likeness (QED) is 0.904. The molecule has 1 fully saturated rings. The van der Waals surface area contributed by atoms with Crippen LogP contribution in [0.25, 0.3) is 0 Å². The fourth-order valence-electron chi connectivity index (χ4n) is 3.48. The van der Waals surface area contributed by atoms with E-state index in [9.17, 15) is 9.18 Å². The number of piperidine rings is 1. The Morgan fingerprint density at radius 1 is 1.32 bits per heavy atom. The highest BCUT2D eigenvalue weighted by Crippen LogP contribution is 2.35. The van der Waals surface area contributed by atoms with Crippen molar-refractivity contribution in [1.82, 2.24) is 19.8 Å². The number of rotatable bonds is 5. The van der Waals surface area contributed by atoms with Crippen molar-refractivity contribution >= 4 is 5.91 Å². The number of carbonyl (C=O) groups excluding carboxylic acids is 1. The molecule has 1 aromatic heterocycles. The van der Waals surface area contributed by atoms with Crippen molar-refractivity contribution < 1.29 is 9.18 Å². The standard InChI is InChI=1S/C19H25FN4O/c1-23-8-6-19(7-9-23,11-15-4-3-5-16(20)10-15)18(25)21-12-17-13-24(2)14-22-17/h3-5,10,13-14H,6-9,11-12H2,1-2H3,(H,21,25). The maximum Gasteiger partial charge on any atom is 0.226 e. The van der Waals surface area contributed by atoms with E-state index in [1.807, 2.05) is 23.9 Å². The molecule has 0 spiro atoms. The number of nitrogens with zero attached hydrogens (tertiary/aromatic N) is 3. The van der Waals surface area contributed by atoms with E-state index in [0.717, 1.165) is 37.2 Å². The lowest BCUT2D eigenvalue weighted by atomic mass is 9.73. The lowest BCUT2D eigenvalue weighted by molar-refractivity contribution is -0.134. The van der Waals surface area contributed by atoms with Crippen LogP contribution in [0.1, 0.15) is 24.1 Å². The van der Waals surface area contributed by atoms with Gasteiger partial charge in [0, 0.05) is 13.2 Å². The van der Waals surface area contributed by atoms with Crippen LogP contribution in [-0.4, -0.2) is 40.5 Å². The number of imidazole rings is 1. The van der Waals surface area contributed by atoms with Crippen LogP contribution in [0.15, 0.2) is 36.8 Å². The Labute approximate surface area is 147 Å². The predicted molar refractivity (Wildman–Crippen MR) is 94.3 cm³/mol. The molecule has 2 heterocycles. The molecule has 1 aromatic carbocycles. The summed E-state index contributed by atoms with van der Waals surface area (Å²) in [4.78, 5) is 19.5. The van der Waals surface area contributed by atoms with E-state index >= 15 is 0 Å². The first-order valence-electron chi connectivity index (χ1n) is 8.65. The number of aromatic nitrogens is 2. The molecule has 6 heteroatoms. The Morgan fingerprint density at radius 2 is 2.08 bits per heavy atom. The van der Waals surface area contributed by atoms with Crippen LogP contribution in [0.5, 0.6) is 0 Å². The molecule has 1 saturated heterocycles. The van der Waals surface area contributed by atoms with Gasteiger partial charge in [-0.05, 0) is 57.1 Å². The van der Waals surface area contributed by atoms with Crippen LogP contribution in [0, 0.1) is 11.2 Å². The number of aryl methyl sites for hydroxylation is 1. The Bertz CT molecular complexity index is 735. The molecular weight excluding hydrogens is 319 g/mol. The van der Waals surface area contributed by atoms with Crippen LogP contribution in [0.3, 0.4) is 0 Å². The Balaban J connectivity index is 1.74. The third-order valence-corrected chi connectivity index (χ3v) is 5.05. The van der Waals surface area contributed by atoms with E-state index in [2.05, 4.69) is 22.2 Å². The zero-order valence-corrected chi connectivity index (χ0v) is 14.8. The van der Waals surface area contributed by atoms with Gasteiger partial charge in [-0.3, -0.25) is 4.79 Å². The molecule has 134 valence electrons. The number of nitrogens with one attached hydrogen (secondary N) is 1. The fraction of sp³-hybridized carbons (Fsp3) is 0.474. The van der Waals surface area contributed by atoms with Crippen molar-refractivity contribution in [3.63, 3.8) is 0 Å². The third-order valence-electron chi connectivity index (χ3n) is 5.05. The van der Waals surface area contributed by atoms with Crippen molar-refractivity contribution in [3.8, 4) is 0 Å². The number of likely N-dealkylation sites (tertiary alicyclic amines) is 1. The summed E-state index contributed by atoms with van der Waals surface area (Å²) >= 11 is 0. The SMILES string of the molecule is CN1CCC(Cc2cccc(F)c2)(C(=O)NCc2cn(C)cn2)CC1. The van der Waals surface area contributed by atoms with Gasteiger partial charge in [-0.15, -0.1) is 0 Å². The highest BCUT2D eigenvalue weighted by atomic mass is 19.1. The van der Waals surface area contributed by atoms with Gasteiger partial charge in [0.1, 0.15) is 5.82 Å². The summed E-state index contributed by atoms with van der Waals surface area (Å²) in [6.45, 7) is 2.15. The van der Waals surface area contributed by atoms with Gasteiger partial charge in [-0.2, -0.15) is 0 Å². The van der Waals surface area contributed by atoms with Crippen LogP contribution in [-0.2, 0) is 24.8 Å². The number of hydrogen-bond acceptors (Lipinski definition) is 3. The van der Waals surface area contributed by atoms with Gasteiger partial charge in [-0.25, -0.2) is 9.37 Å². The lowest BCUT2D eigenvalue weighted by Crippen LogP contribution is -2.49. The van der Waals surface area contributed by atoms with E-state index in [-0.39, 0.29) is 11.7 Å². The highest BCUT2D eigenvalue weighted by molar-refractivity contribution is 5.83. The average Bonchev–Trinajstić information content (AvgIpc) is 3.00. The molecule has 5 nitrogen and oxygen atoms in total. The van der Waals surface area contributed by atoms with Gasteiger partial charge >= 0.3 is 0 Å².